The van der Waals surface area contributed by atoms with Gasteiger partial charge in [-0.1, -0.05) is 24.3 Å². The molecule has 5 nitrogen and oxygen atoms in total. The molecule has 1 N–H and O–H groups in total. The molecule has 0 saturated carbocycles. The van der Waals surface area contributed by atoms with Crippen molar-refractivity contribution < 1.29 is 19.4 Å². The molecule has 2 aliphatic heterocycles. The second kappa shape index (κ2) is 4.76. The van der Waals surface area contributed by atoms with Crippen LogP contribution in [0.5, 0.6) is 0 Å². The number of hydrogen-bond acceptors (Lipinski definition) is 4. The second-order valence-corrected chi connectivity index (χ2v) is 5.18. The molecule has 4 atom stereocenters. The fourth-order valence-corrected chi connectivity index (χ4v) is 2.85. The third-order valence-electron chi connectivity index (χ3n) is 3.76. The monoisotopic (exact) mass is 272 g/mol. The molecule has 3 rings (SSSR count). The molecule has 2 heterocycles. The maximum atomic E-state index is 12.3. The Morgan fingerprint density at radius 2 is 1.90 bits per heavy atom. The van der Waals surface area contributed by atoms with Gasteiger partial charge in [-0.15, -0.1) is 0 Å². The Kier molecular flexibility index (Phi) is 3.06. The van der Waals surface area contributed by atoms with E-state index in [-0.39, 0.29) is 5.91 Å². The van der Waals surface area contributed by atoms with Gasteiger partial charge in [-0.25, -0.2) is 0 Å². The molecule has 1 saturated heterocycles. The van der Waals surface area contributed by atoms with Crippen LogP contribution in [-0.2, 0) is 14.3 Å². The van der Waals surface area contributed by atoms with Crippen molar-refractivity contribution in [2.24, 2.45) is 11.8 Å². The van der Waals surface area contributed by atoms with E-state index in [0.717, 1.165) is 5.56 Å². The Hall–Kier alpha value is -2.14. The molecule has 5 heteroatoms. The molecule has 0 unspecified atom stereocenters. The largest absolute Gasteiger partial charge is 0.550 e. The van der Waals surface area contributed by atoms with E-state index in [4.69, 9.17) is 4.74 Å². The van der Waals surface area contributed by atoms with Gasteiger partial charge >= 0.3 is 0 Å². The lowest BCUT2D eigenvalue weighted by molar-refractivity contribution is -0.313. The summed E-state index contributed by atoms with van der Waals surface area (Å²) in [7, 11) is 0. The highest BCUT2D eigenvalue weighted by Gasteiger charge is 2.50. The summed E-state index contributed by atoms with van der Waals surface area (Å²) in [6.07, 6.45) is 2.39. The smallest absolute Gasteiger partial charge is 0.231 e. The highest BCUT2D eigenvalue weighted by molar-refractivity contribution is 5.96. The van der Waals surface area contributed by atoms with E-state index < -0.39 is 30.0 Å². The van der Waals surface area contributed by atoms with Crippen LogP contribution in [0.3, 0.4) is 0 Å². The molecular weight excluding hydrogens is 258 g/mol. The summed E-state index contributed by atoms with van der Waals surface area (Å²) in [5.41, 5.74) is 1.67. The van der Waals surface area contributed by atoms with E-state index >= 15 is 0 Å². The highest BCUT2D eigenvalue weighted by atomic mass is 16.5. The summed E-state index contributed by atoms with van der Waals surface area (Å²) in [6, 6.07) is 7.35. The Morgan fingerprint density at radius 3 is 2.55 bits per heavy atom. The van der Waals surface area contributed by atoms with Gasteiger partial charge in [0.2, 0.25) is 5.91 Å². The van der Waals surface area contributed by atoms with Crippen LogP contribution in [0, 0.1) is 18.8 Å². The summed E-state index contributed by atoms with van der Waals surface area (Å²) in [5, 5.41) is 14.0. The van der Waals surface area contributed by atoms with Crippen molar-refractivity contribution in [3.63, 3.8) is 0 Å². The summed E-state index contributed by atoms with van der Waals surface area (Å²) >= 11 is 0. The first kappa shape index (κ1) is 12.9. The molecule has 1 aromatic rings. The molecule has 1 aromatic carbocycles. The average molecular weight is 272 g/mol. The van der Waals surface area contributed by atoms with Crippen LogP contribution in [0.2, 0.25) is 0 Å². The molecule has 1 fully saturated rings. The molecule has 20 heavy (non-hydrogen) atoms. The lowest BCUT2D eigenvalue weighted by Crippen LogP contribution is -2.45. The number of benzene rings is 1. The van der Waals surface area contributed by atoms with Crippen LogP contribution >= 0.6 is 0 Å². The molecule has 0 radical (unpaired) electrons. The second-order valence-electron chi connectivity index (χ2n) is 5.18. The zero-order valence-corrected chi connectivity index (χ0v) is 10.9. The number of anilines is 1. The van der Waals surface area contributed by atoms with Gasteiger partial charge in [-0.05, 0) is 24.6 Å². The number of nitrogens with one attached hydrogen (secondary N) is 1. The molecule has 104 valence electrons. The summed E-state index contributed by atoms with van der Waals surface area (Å²) in [4.78, 5) is 23.5. The lowest BCUT2D eigenvalue weighted by atomic mass is 9.82. The number of hydrogen-bond donors (Lipinski definition) is 1. The first-order valence-corrected chi connectivity index (χ1v) is 6.48. The van der Waals surface area contributed by atoms with E-state index in [1.54, 1.807) is 18.2 Å². The Bertz CT molecular complexity index is 595. The van der Waals surface area contributed by atoms with Crippen LogP contribution in [-0.4, -0.2) is 24.1 Å². The molecule has 0 spiro atoms. The minimum absolute atomic E-state index is 0.346. The summed E-state index contributed by atoms with van der Waals surface area (Å²) in [6.45, 7) is 1.92. The number of carboxylic acids is 1. The molecule has 2 aliphatic rings. The van der Waals surface area contributed by atoms with Crippen molar-refractivity contribution in [2.45, 2.75) is 19.1 Å². The maximum absolute atomic E-state index is 12.3. The Balaban J connectivity index is 1.80. The van der Waals surface area contributed by atoms with Crippen molar-refractivity contribution in [3.05, 3.63) is 42.0 Å². The van der Waals surface area contributed by atoms with E-state index in [9.17, 15) is 14.7 Å². The topological polar surface area (TPSA) is 78.5 Å². The van der Waals surface area contributed by atoms with Gasteiger partial charge in [-0.3, -0.25) is 4.79 Å². The Labute approximate surface area is 116 Å². The fraction of sp³-hybridized carbons (Fsp3) is 0.333. The highest BCUT2D eigenvalue weighted by Crippen LogP contribution is 2.39. The van der Waals surface area contributed by atoms with Crippen molar-refractivity contribution in [1.29, 1.82) is 0 Å². The minimum Gasteiger partial charge on any atom is -0.550 e. The molecule has 0 aliphatic carbocycles. The molecule has 0 aromatic heterocycles. The number of carbonyl (C=O) groups excluding carboxylic acids is 2. The van der Waals surface area contributed by atoms with Gasteiger partial charge < -0.3 is 20.0 Å². The summed E-state index contributed by atoms with van der Waals surface area (Å²) < 4.78 is 5.45. The predicted octanol–water partition coefficient (Wildman–Crippen LogP) is 0.253. The van der Waals surface area contributed by atoms with E-state index in [0.29, 0.717) is 5.69 Å². The fourth-order valence-electron chi connectivity index (χ4n) is 2.85. The third-order valence-corrected chi connectivity index (χ3v) is 3.76. The summed E-state index contributed by atoms with van der Waals surface area (Å²) in [5.74, 6) is -3.25. The molecular formula is C15H14NO4-. The standard InChI is InChI=1S/C15H15NO4/c1-8-3-2-4-9(7-8)16-14(17)12-10-5-6-11(20-10)13(12)15(18)19/h2-7,10-13H,1H3,(H,16,17)(H,18,19)/p-1/t10-,11+,12+,13+/m1/s1. The van der Waals surface area contributed by atoms with Crippen molar-refractivity contribution in [2.75, 3.05) is 5.32 Å². The lowest BCUT2D eigenvalue weighted by Gasteiger charge is -2.25. The van der Waals surface area contributed by atoms with Crippen molar-refractivity contribution in [3.8, 4) is 0 Å². The first-order valence-electron chi connectivity index (χ1n) is 6.48. The van der Waals surface area contributed by atoms with Crippen LogP contribution in [0.15, 0.2) is 36.4 Å². The van der Waals surface area contributed by atoms with Gasteiger partial charge in [0, 0.05) is 17.6 Å². The maximum Gasteiger partial charge on any atom is 0.231 e. The number of rotatable bonds is 3. The van der Waals surface area contributed by atoms with Crippen molar-refractivity contribution >= 4 is 17.6 Å². The van der Waals surface area contributed by atoms with Crippen LogP contribution in [0.1, 0.15) is 5.56 Å². The van der Waals surface area contributed by atoms with Gasteiger partial charge in [0.05, 0.1) is 18.1 Å². The number of ether oxygens (including phenoxy) is 1. The molecule has 2 bridgehead atoms. The number of carbonyl (C=O) groups is 2. The van der Waals surface area contributed by atoms with E-state index in [2.05, 4.69) is 5.32 Å². The Morgan fingerprint density at radius 1 is 1.20 bits per heavy atom. The van der Waals surface area contributed by atoms with Crippen LogP contribution < -0.4 is 10.4 Å². The van der Waals surface area contributed by atoms with Gasteiger partial charge in [0.25, 0.3) is 0 Å². The normalized spacial score (nSPS) is 30.4. The number of aryl methyl sites for hydroxylation is 1. The molecule has 1 amide bonds. The van der Waals surface area contributed by atoms with Crippen LogP contribution in [0.4, 0.5) is 5.69 Å². The number of carboxylic acid groups (broad SMARTS) is 1. The average Bonchev–Trinajstić information content (AvgIpc) is 2.98. The minimum atomic E-state index is -1.24. The zero-order chi connectivity index (χ0) is 14.3. The van der Waals surface area contributed by atoms with Crippen LogP contribution in [0.25, 0.3) is 0 Å². The van der Waals surface area contributed by atoms with Gasteiger partial charge in [-0.2, -0.15) is 0 Å². The SMILES string of the molecule is Cc1cccc(NC(=O)[C@@H]2[C@@H](C(=O)[O-])[C@@H]3C=C[C@H]2O3)c1. The van der Waals surface area contributed by atoms with E-state index in [1.165, 1.54) is 0 Å². The number of aliphatic carboxylic acids is 1. The number of fused-ring (bicyclic) bond motifs is 2. The number of amides is 1. The van der Waals surface area contributed by atoms with Gasteiger partial charge in [0.15, 0.2) is 0 Å². The van der Waals surface area contributed by atoms with Crippen molar-refractivity contribution in [1.82, 2.24) is 0 Å². The van der Waals surface area contributed by atoms with Gasteiger partial charge in [0.1, 0.15) is 0 Å². The zero-order valence-electron chi connectivity index (χ0n) is 10.9. The third kappa shape index (κ3) is 2.10. The predicted molar refractivity (Wildman–Crippen MR) is 69.6 cm³/mol. The first-order chi connectivity index (χ1) is 9.56. The quantitative estimate of drug-likeness (QED) is 0.800. The van der Waals surface area contributed by atoms with E-state index in [1.807, 2.05) is 25.1 Å².